The predicted octanol–water partition coefficient (Wildman–Crippen LogP) is 3.24. The maximum absolute atomic E-state index is 12.9. The van der Waals surface area contributed by atoms with Gasteiger partial charge in [0.05, 0.1) is 5.69 Å². The number of benzene rings is 1. The molecule has 0 bridgehead atoms. The molecule has 6 heteroatoms. The van der Waals surface area contributed by atoms with Crippen LogP contribution in [0.5, 0.6) is 0 Å². The van der Waals surface area contributed by atoms with Crippen molar-refractivity contribution in [2.75, 3.05) is 5.32 Å². The van der Waals surface area contributed by atoms with Gasteiger partial charge in [-0.1, -0.05) is 13.8 Å². The van der Waals surface area contributed by atoms with E-state index in [1.807, 2.05) is 13.8 Å². The van der Waals surface area contributed by atoms with Gasteiger partial charge in [0.25, 0.3) is 5.91 Å². The molecule has 0 aliphatic rings. The van der Waals surface area contributed by atoms with E-state index in [0.717, 1.165) is 0 Å². The predicted molar refractivity (Wildman–Crippen MR) is 81.4 cm³/mol. The monoisotopic (exact) mass is 298 g/mol. The average molecular weight is 298 g/mol. The molecular weight excluding hydrogens is 283 g/mol. The molecule has 3 aromatic rings. The first kappa shape index (κ1) is 14.2. The first-order chi connectivity index (χ1) is 10.5. The number of nitrogens with zero attached hydrogens (tertiary/aromatic N) is 3. The van der Waals surface area contributed by atoms with Gasteiger partial charge in [0.15, 0.2) is 11.5 Å². The summed E-state index contributed by atoms with van der Waals surface area (Å²) in [7, 11) is 0. The van der Waals surface area contributed by atoms with E-state index in [4.69, 9.17) is 0 Å². The van der Waals surface area contributed by atoms with E-state index in [1.54, 1.807) is 22.8 Å². The standard InChI is InChI=1S/C16H15FN4O/c1-10(2)14-19-15-13(4-3-9-21(15)20-14)18-16(22)11-5-7-12(17)8-6-11/h3-10H,1-2H3,(H,18,22). The second-order valence-corrected chi connectivity index (χ2v) is 5.28. The molecule has 0 radical (unpaired) electrons. The first-order valence-corrected chi connectivity index (χ1v) is 6.97. The van der Waals surface area contributed by atoms with Crippen molar-refractivity contribution in [1.29, 1.82) is 0 Å². The van der Waals surface area contributed by atoms with Crippen LogP contribution < -0.4 is 5.32 Å². The van der Waals surface area contributed by atoms with Crippen molar-refractivity contribution >= 4 is 17.2 Å². The van der Waals surface area contributed by atoms with Crippen molar-refractivity contribution < 1.29 is 9.18 Å². The zero-order valence-electron chi connectivity index (χ0n) is 12.2. The van der Waals surface area contributed by atoms with Crippen LogP contribution in [-0.2, 0) is 0 Å². The van der Waals surface area contributed by atoms with Crippen LogP contribution in [0.25, 0.3) is 5.65 Å². The van der Waals surface area contributed by atoms with Crippen LogP contribution in [0.3, 0.4) is 0 Å². The summed E-state index contributed by atoms with van der Waals surface area (Å²) < 4.78 is 14.5. The number of anilines is 1. The number of carbonyl (C=O) groups is 1. The van der Waals surface area contributed by atoms with Crippen molar-refractivity contribution in [2.45, 2.75) is 19.8 Å². The molecule has 3 rings (SSSR count). The molecule has 0 fully saturated rings. The maximum Gasteiger partial charge on any atom is 0.255 e. The smallest absolute Gasteiger partial charge is 0.255 e. The van der Waals surface area contributed by atoms with Gasteiger partial charge in [0.2, 0.25) is 0 Å². The van der Waals surface area contributed by atoms with Crippen LogP contribution in [0.1, 0.15) is 35.9 Å². The quantitative estimate of drug-likeness (QED) is 0.807. The summed E-state index contributed by atoms with van der Waals surface area (Å²) in [5.74, 6) is 0.212. The molecule has 0 aliphatic heterocycles. The van der Waals surface area contributed by atoms with Crippen molar-refractivity contribution in [3.05, 3.63) is 59.8 Å². The summed E-state index contributed by atoms with van der Waals surface area (Å²) >= 11 is 0. The molecule has 0 spiro atoms. The molecule has 2 heterocycles. The minimum atomic E-state index is -0.377. The second kappa shape index (κ2) is 5.55. The molecule has 0 saturated heterocycles. The number of hydrogen-bond acceptors (Lipinski definition) is 3. The highest BCUT2D eigenvalue weighted by atomic mass is 19.1. The van der Waals surface area contributed by atoms with E-state index in [-0.39, 0.29) is 17.6 Å². The SMILES string of the molecule is CC(C)c1nc2c(NC(=O)c3ccc(F)cc3)cccn2n1. The van der Waals surface area contributed by atoms with E-state index in [1.165, 1.54) is 24.3 Å². The summed E-state index contributed by atoms with van der Waals surface area (Å²) in [4.78, 5) is 16.7. The van der Waals surface area contributed by atoms with Gasteiger partial charge in [-0.25, -0.2) is 13.9 Å². The zero-order chi connectivity index (χ0) is 15.7. The number of fused-ring (bicyclic) bond motifs is 1. The van der Waals surface area contributed by atoms with Crippen LogP contribution in [0.4, 0.5) is 10.1 Å². The molecule has 1 N–H and O–H groups in total. The van der Waals surface area contributed by atoms with Crippen molar-refractivity contribution in [1.82, 2.24) is 14.6 Å². The number of pyridine rings is 1. The first-order valence-electron chi connectivity index (χ1n) is 6.97. The summed E-state index contributed by atoms with van der Waals surface area (Å²) in [5.41, 5.74) is 1.53. The normalized spacial score (nSPS) is 11.1. The summed E-state index contributed by atoms with van der Waals surface area (Å²) in [6.45, 7) is 4.01. The minimum absolute atomic E-state index is 0.195. The highest BCUT2D eigenvalue weighted by molar-refractivity contribution is 6.05. The number of nitrogens with one attached hydrogen (secondary N) is 1. The second-order valence-electron chi connectivity index (χ2n) is 5.28. The largest absolute Gasteiger partial charge is 0.319 e. The van der Waals surface area contributed by atoms with Gasteiger partial charge >= 0.3 is 0 Å². The molecule has 5 nitrogen and oxygen atoms in total. The van der Waals surface area contributed by atoms with Crippen LogP contribution in [0.15, 0.2) is 42.6 Å². The molecule has 1 amide bonds. The molecule has 22 heavy (non-hydrogen) atoms. The molecule has 112 valence electrons. The van der Waals surface area contributed by atoms with E-state index in [9.17, 15) is 9.18 Å². The molecule has 0 unspecified atom stereocenters. The van der Waals surface area contributed by atoms with E-state index in [2.05, 4.69) is 15.4 Å². The van der Waals surface area contributed by atoms with Gasteiger partial charge in [0, 0.05) is 17.7 Å². The summed E-state index contributed by atoms with van der Waals surface area (Å²) in [5, 5.41) is 7.16. The molecule has 0 aliphatic carbocycles. The Morgan fingerprint density at radius 1 is 1.23 bits per heavy atom. The fraction of sp³-hybridized carbons (Fsp3) is 0.188. The van der Waals surface area contributed by atoms with E-state index >= 15 is 0 Å². The number of aromatic nitrogens is 3. The third-order valence-electron chi connectivity index (χ3n) is 3.25. The van der Waals surface area contributed by atoms with Gasteiger partial charge in [-0.3, -0.25) is 4.79 Å². The lowest BCUT2D eigenvalue weighted by molar-refractivity contribution is 0.102. The number of rotatable bonds is 3. The Labute approximate surface area is 126 Å². The Balaban J connectivity index is 1.93. The molecular formula is C16H15FN4O. The van der Waals surface area contributed by atoms with Crippen LogP contribution >= 0.6 is 0 Å². The van der Waals surface area contributed by atoms with Gasteiger partial charge in [-0.2, -0.15) is 5.10 Å². The third kappa shape index (κ3) is 2.67. The number of halogens is 1. The summed E-state index contributed by atoms with van der Waals surface area (Å²) in [6, 6.07) is 8.93. The fourth-order valence-electron chi connectivity index (χ4n) is 2.06. The summed E-state index contributed by atoms with van der Waals surface area (Å²) in [6.07, 6.45) is 1.78. The lowest BCUT2D eigenvalue weighted by atomic mass is 10.2. The zero-order valence-corrected chi connectivity index (χ0v) is 12.2. The average Bonchev–Trinajstić information content (AvgIpc) is 2.93. The number of carbonyl (C=O) groups excluding carboxylic acids is 1. The molecule has 2 aromatic heterocycles. The molecule has 0 atom stereocenters. The van der Waals surface area contributed by atoms with E-state index in [0.29, 0.717) is 22.7 Å². The fourth-order valence-corrected chi connectivity index (χ4v) is 2.06. The van der Waals surface area contributed by atoms with Crippen LogP contribution in [0, 0.1) is 5.82 Å². The highest BCUT2D eigenvalue weighted by Gasteiger charge is 2.13. The Morgan fingerprint density at radius 2 is 1.95 bits per heavy atom. The van der Waals surface area contributed by atoms with Gasteiger partial charge < -0.3 is 5.32 Å². The Morgan fingerprint density at radius 3 is 2.64 bits per heavy atom. The van der Waals surface area contributed by atoms with Crippen molar-refractivity contribution in [3.8, 4) is 0 Å². The third-order valence-corrected chi connectivity index (χ3v) is 3.25. The molecule has 1 aromatic carbocycles. The lowest BCUT2D eigenvalue weighted by Gasteiger charge is -2.05. The van der Waals surface area contributed by atoms with Gasteiger partial charge in [-0.15, -0.1) is 0 Å². The topological polar surface area (TPSA) is 59.3 Å². The number of hydrogen-bond donors (Lipinski definition) is 1. The van der Waals surface area contributed by atoms with Gasteiger partial charge in [-0.05, 0) is 36.4 Å². The van der Waals surface area contributed by atoms with Crippen LogP contribution in [0.2, 0.25) is 0 Å². The van der Waals surface area contributed by atoms with E-state index < -0.39 is 0 Å². The van der Waals surface area contributed by atoms with Crippen molar-refractivity contribution in [3.63, 3.8) is 0 Å². The van der Waals surface area contributed by atoms with Crippen molar-refractivity contribution in [2.24, 2.45) is 0 Å². The Kier molecular flexibility index (Phi) is 3.58. The number of amides is 1. The lowest BCUT2D eigenvalue weighted by Crippen LogP contribution is -2.12. The van der Waals surface area contributed by atoms with Gasteiger partial charge in [0.1, 0.15) is 5.82 Å². The highest BCUT2D eigenvalue weighted by Crippen LogP contribution is 2.19. The maximum atomic E-state index is 12.9. The Hall–Kier alpha value is -2.76. The minimum Gasteiger partial charge on any atom is -0.319 e. The Bertz CT molecular complexity index is 824. The van der Waals surface area contributed by atoms with Crippen LogP contribution in [-0.4, -0.2) is 20.5 Å². The molecule has 0 saturated carbocycles.